The summed E-state index contributed by atoms with van der Waals surface area (Å²) in [4.78, 5) is 48.9. The van der Waals surface area contributed by atoms with E-state index in [-0.39, 0.29) is 6.42 Å². The molecule has 1 aliphatic rings. The molecule has 0 aromatic rings. The first kappa shape index (κ1) is 13.9. The maximum atomic E-state index is 11.4. The van der Waals surface area contributed by atoms with Gasteiger partial charge in [0.05, 0.1) is 6.42 Å². The number of carbonyl (C=O) groups excluding carboxylic acids is 3. The molecule has 0 aromatic carbocycles. The van der Waals surface area contributed by atoms with Crippen molar-refractivity contribution in [1.82, 2.24) is 0 Å². The fourth-order valence-electron chi connectivity index (χ4n) is 1.25. The molecule has 0 aromatic heterocycles. The van der Waals surface area contributed by atoms with Gasteiger partial charge in [0.15, 0.2) is 0 Å². The largest absolute Gasteiger partial charge is 0.592 e. The van der Waals surface area contributed by atoms with Gasteiger partial charge in [0.25, 0.3) is 0 Å². The van der Waals surface area contributed by atoms with E-state index in [1.165, 1.54) is 6.08 Å². The molecule has 9 nitrogen and oxygen atoms in total. The van der Waals surface area contributed by atoms with Crippen LogP contribution >= 0.6 is 0 Å². The summed E-state index contributed by atoms with van der Waals surface area (Å²) in [6, 6.07) is 0. The van der Waals surface area contributed by atoms with Crippen LogP contribution in [0, 0.1) is 5.92 Å². The average Bonchev–Trinajstić information content (AvgIpc) is 2.31. The topological polar surface area (TPSA) is 134 Å². The van der Waals surface area contributed by atoms with E-state index in [0.717, 1.165) is 0 Å². The zero-order valence-corrected chi connectivity index (χ0v) is 9.16. The summed E-state index contributed by atoms with van der Waals surface area (Å²) in [7, 11) is 0. The molecular formula is C9H11NO8. The van der Waals surface area contributed by atoms with E-state index in [9.17, 15) is 19.5 Å². The van der Waals surface area contributed by atoms with Crippen molar-refractivity contribution in [3.05, 3.63) is 12.7 Å². The predicted octanol–water partition coefficient (Wildman–Crippen LogP) is -0.701. The third-order valence-corrected chi connectivity index (χ3v) is 2.20. The standard InChI is InChI=1S/C9H11NO8/c1-2-3-5-4-6(11)15-17-8(13)18-16-7(12)9(5,10)14/h2,5,14H,1,3-4,10H2. The summed E-state index contributed by atoms with van der Waals surface area (Å²) in [6.45, 7) is 3.39. The number of rotatable bonds is 2. The Morgan fingerprint density at radius 1 is 1.33 bits per heavy atom. The molecule has 1 heterocycles. The summed E-state index contributed by atoms with van der Waals surface area (Å²) in [5.41, 5.74) is 2.81. The molecule has 1 fully saturated rings. The molecule has 3 N–H and O–H groups in total. The molecule has 1 rings (SSSR count). The Balaban J connectivity index is 2.94. The molecule has 0 amide bonds. The smallest absolute Gasteiger partial charge is 0.366 e. The number of nitrogens with two attached hydrogens (primary N) is 1. The van der Waals surface area contributed by atoms with Gasteiger partial charge >= 0.3 is 18.1 Å². The lowest BCUT2D eigenvalue weighted by molar-refractivity contribution is -0.305. The van der Waals surface area contributed by atoms with E-state index in [0.29, 0.717) is 0 Å². The Kier molecular flexibility index (Phi) is 4.23. The first-order valence-corrected chi connectivity index (χ1v) is 4.80. The zero-order valence-electron chi connectivity index (χ0n) is 9.16. The molecule has 0 radical (unpaired) electrons. The van der Waals surface area contributed by atoms with Gasteiger partial charge in [-0.2, -0.15) is 4.79 Å². The second-order valence-electron chi connectivity index (χ2n) is 3.49. The quantitative estimate of drug-likeness (QED) is 0.375. The summed E-state index contributed by atoms with van der Waals surface area (Å²) in [5.74, 6) is -3.53. The zero-order chi connectivity index (χ0) is 13.8. The van der Waals surface area contributed by atoms with Crippen molar-refractivity contribution in [2.75, 3.05) is 0 Å². The van der Waals surface area contributed by atoms with E-state index < -0.39 is 36.2 Å². The molecule has 2 unspecified atom stereocenters. The second-order valence-corrected chi connectivity index (χ2v) is 3.49. The van der Waals surface area contributed by atoms with Crippen molar-refractivity contribution in [1.29, 1.82) is 0 Å². The Morgan fingerprint density at radius 3 is 2.56 bits per heavy atom. The van der Waals surface area contributed by atoms with Crippen molar-refractivity contribution in [2.24, 2.45) is 11.7 Å². The third-order valence-electron chi connectivity index (χ3n) is 2.20. The van der Waals surface area contributed by atoms with Crippen molar-refractivity contribution in [2.45, 2.75) is 18.6 Å². The van der Waals surface area contributed by atoms with Gasteiger partial charge in [-0.3, -0.25) is 5.73 Å². The van der Waals surface area contributed by atoms with Gasteiger partial charge in [-0.05, 0) is 6.42 Å². The van der Waals surface area contributed by atoms with Crippen LogP contribution in [0.4, 0.5) is 4.79 Å². The summed E-state index contributed by atoms with van der Waals surface area (Å²) in [6.07, 6.45) is -0.719. The van der Waals surface area contributed by atoms with Crippen LogP contribution < -0.4 is 5.73 Å². The molecule has 0 bridgehead atoms. The Labute approximate surface area is 101 Å². The van der Waals surface area contributed by atoms with Crippen molar-refractivity contribution >= 4 is 18.1 Å². The van der Waals surface area contributed by atoms with E-state index in [1.54, 1.807) is 0 Å². The molecule has 9 heteroatoms. The molecule has 18 heavy (non-hydrogen) atoms. The monoisotopic (exact) mass is 261 g/mol. The van der Waals surface area contributed by atoms with Crippen LogP contribution in [-0.2, 0) is 29.1 Å². The first-order valence-electron chi connectivity index (χ1n) is 4.80. The fourth-order valence-corrected chi connectivity index (χ4v) is 1.25. The Bertz CT molecular complexity index is 377. The minimum atomic E-state index is -2.54. The van der Waals surface area contributed by atoms with E-state index >= 15 is 0 Å². The van der Waals surface area contributed by atoms with Crippen molar-refractivity contribution < 1.29 is 39.0 Å². The highest BCUT2D eigenvalue weighted by molar-refractivity contribution is 5.81. The minimum absolute atomic E-state index is 0.0190. The van der Waals surface area contributed by atoms with Crippen LogP contribution in [0.15, 0.2) is 12.7 Å². The Morgan fingerprint density at radius 2 is 1.94 bits per heavy atom. The Hall–Kier alpha value is -2.13. The van der Waals surface area contributed by atoms with Gasteiger partial charge in [-0.1, -0.05) is 6.08 Å². The lowest BCUT2D eigenvalue weighted by Crippen LogP contribution is -2.56. The fraction of sp³-hybridized carbons (Fsp3) is 0.444. The predicted molar refractivity (Wildman–Crippen MR) is 51.8 cm³/mol. The highest BCUT2D eigenvalue weighted by Crippen LogP contribution is 2.23. The summed E-state index contributed by atoms with van der Waals surface area (Å²) >= 11 is 0. The SMILES string of the molecule is C=CCC1CC(=O)OOC(=O)OOC(=O)C1(N)O. The molecule has 0 aliphatic carbocycles. The second kappa shape index (κ2) is 5.47. The number of allylic oxidation sites excluding steroid dienone is 1. The third kappa shape index (κ3) is 3.18. The molecular weight excluding hydrogens is 250 g/mol. The van der Waals surface area contributed by atoms with Crippen LogP contribution in [0.3, 0.4) is 0 Å². The van der Waals surface area contributed by atoms with Crippen LogP contribution in [0.1, 0.15) is 12.8 Å². The van der Waals surface area contributed by atoms with Gasteiger partial charge in [-0.25, -0.2) is 29.1 Å². The lowest BCUT2D eigenvalue weighted by Gasteiger charge is -2.28. The maximum Gasteiger partial charge on any atom is 0.592 e. The van der Waals surface area contributed by atoms with Gasteiger partial charge in [0, 0.05) is 5.92 Å². The van der Waals surface area contributed by atoms with Crippen LogP contribution in [-0.4, -0.2) is 28.9 Å². The lowest BCUT2D eigenvalue weighted by atomic mass is 9.90. The van der Waals surface area contributed by atoms with Gasteiger partial charge in [0.2, 0.25) is 5.72 Å². The van der Waals surface area contributed by atoms with E-state index in [2.05, 4.69) is 26.1 Å². The van der Waals surface area contributed by atoms with Crippen LogP contribution in [0.2, 0.25) is 0 Å². The molecule has 1 aliphatic heterocycles. The maximum absolute atomic E-state index is 11.4. The van der Waals surface area contributed by atoms with Crippen LogP contribution in [0.5, 0.6) is 0 Å². The summed E-state index contributed by atoms with van der Waals surface area (Å²) < 4.78 is 0. The number of hydrogen-bond acceptors (Lipinski definition) is 9. The molecule has 1 saturated heterocycles. The van der Waals surface area contributed by atoms with Gasteiger partial charge in [0.1, 0.15) is 0 Å². The molecule has 0 saturated carbocycles. The van der Waals surface area contributed by atoms with Crippen molar-refractivity contribution in [3.8, 4) is 0 Å². The number of hydrogen-bond donors (Lipinski definition) is 2. The molecule has 100 valence electrons. The summed E-state index contributed by atoms with van der Waals surface area (Å²) in [5, 5.41) is 9.78. The average molecular weight is 261 g/mol. The van der Waals surface area contributed by atoms with Gasteiger partial charge in [-0.15, -0.1) is 6.58 Å². The molecule has 0 spiro atoms. The van der Waals surface area contributed by atoms with E-state index in [4.69, 9.17) is 5.73 Å². The number of aliphatic hydroxyl groups is 1. The highest BCUT2D eigenvalue weighted by Gasteiger charge is 2.45. The van der Waals surface area contributed by atoms with Gasteiger partial charge < -0.3 is 5.11 Å². The minimum Gasteiger partial charge on any atom is -0.366 e. The van der Waals surface area contributed by atoms with Crippen molar-refractivity contribution in [3.63, 3.8) is 0 Å². The van der Waals surface area contributed by atoms with Crippen LogP contribution in [0.25, 0.3) is 0 Å². The highest BCUT2D eigenvalue weighted by atomic mass is 17.3. The first-order chi connectivity index (χ1) is 8.37. The normalized spacial score (nSPS) is 29.4. The van der Waals surface area contributed by atoms with E-state index in [1.807, 2.05) is 0 Å². The number of carbonyl (C=O) groups is 3. The molecule has 2 atom stereocenters.